The first-order valence-electron chi connectivity index (χ1n) is 6.81. The number of nitrogens with zero attached hydrogens (tertiary/aromatic N) is 1. The van der Waals surface area contributed by atoms with Gasteiger partial charge < -0.3 is 14.8 Å². The molecule has 2 atom stereocenters. The summed E-state index contributed by atoms with van der Waals surface area (Å²) in [4.78, 5) is 0. The molecule has 0 saturated heterocycles. The van der Waals surface area contributed by atoms with Gasteiger partial charge in [-0.3, -0.25) is 0 Å². The van der Waals surface area contributed by atoms with Crippen LogP contribution in [0.15, 0.2) is 60.8 Å². The fourth-order valence-electron chi connectivity index (χ4n) is 2.71. The van der Waals surface area contributed by atoms with Gasteiger partial charge in [0.25, 0.3) is 0 Å². The number of hydrogen-bond donors (Lipinski definition) is 2. The molecule has 0 amide bonds. The predicted molar refractivity (Wildman–Crippen MR) is 79.6 cm³/mol. The highest BCUT2D eigenvalue weighted by atomic mass is 19.1. The second kappa shape index (κ2) is 5.68. The van der Waals surface area contributed by atoms with Crippen LogP contribution in [-0.4, -0.2) is 27.5 Å². The fraction of sp³-hybridized carbons (Fsp3) is 0.176. The number of fused-ring (bicyclic) bond motifs is 1. The summed E-state index contributed by atoms with van der Waals surface area (Å²) in [5, 5.41) is 20.1. The van der Waals surface area contributed by atoms with Crippen LogP contribution in [0.25, 0.3) is 10.9 Å². The van der Waals surface area contributed by atoms with E-state index in [1.807, 2.05) is 30.3 Å². The van der Waals surface area contributed by atoms with Crippen molar-refractivity contribution < 1.29 is 14.6 Å². The standard InChI is InChI=1S/C17H16FNO2/c18-14-7-4-8-15-13(14)9-10-19(15)17(16(21)11-20)12-5-2-1-3-6-12/h1-10,16-17,20-21H,11H2/t16-,17+/m1/s1. The summed E-state index contributed by atoms with van der Waals surface area (Å²) < 4.78 is 15.6. The van der Waals surface area contributed by atoms with Gasteiger partial charge in [0.1, 0.15) is 11.9 Å². The van der Waals surface area contributed by atoms with Gasteiger partial charge in [0.05, 0.1) is 18.2 Å². The third kappa shape index (κ3) is 2.44. The largest absolute Gasteiger partial charge is 0.394 e. The summed E-state index contributed by atoms with van der Waals surface area (Å²) in [6, 6.07) is 15.5. The third-order valence-electron chi connectivity index (χ3n) is 3.70. The smallest absolute Gasteiger partial charge is 0.132 e. The molecule has 21 heavy (non-hydrogen) atoms. The normalized spacial score (nSPS) is 14.2. The Bertz CT molecular complexity index is 739. The molecule has 108 valence electrons. The molecule has 3 nitrogen and oxygen atoms in total. The van der Waals surface area contributed by atoms with Crippen molar-refractivity contribution in [3.63, 3.8) is 0 Å². The third-order valence-corrected chi connectivity index (χ3v) is 3.70. The Kier molecular flexibility index (Phi) is 3.73. The summed E-state index contributed by atoms with van der Waals surface area (Å²) in [6.45, 7) is -0.367. The lowest BCUT2D eigenvalue weighted by Gasteiger charge is -2.24. The Hall–Kier alpha value is -2.17. The van der Waals surface area contributed by atoms with Crippen LogP contribution in [0.2, 0.25) is 0 Å². The number of aliphatic hydroxyl groups excluding tert-OH is 2. The molecule has 4 heteroatoms. The Morgan fingerprint density at radius 2 is 1.76 bits per heavy atom. The van der Waals surface area contributed by atoms with Crippen molar-refractivity contribution in [2.75, 3.05) is 6.61 Å². The maximum absolute atomic E-state index is 13.8. The first-order chi connectivity index (χ1) is 10.2. The molecule has 0 unspecified atom stereocenters. The van der Waals surface area contributed by atoms with Crippen molar-refractivity contribution in [3.8, 4) is 0 Å². The van der Waals surface area contributed by atoms with Gasteiger partial charge in [-0.05, 0) is 23.8 Å². The molecule has 0 aliphatic rings. The van der Waals surface area contributed by atoms with E-state index in [2.05, 4.69) is 0 Å². The highest BCUT2D eigenvalue weighted by Crippen LogP contribution is 2.28. The van der Waals surface area contributed by atoms with E-state index in [1.165, 1.54) is 6.07 Å². The first-order valence-corrected chi connectivity index (χ1v) is 6.81. The summed E-state index contributed by atoms with van der Waals surface area (Å²) in [7, 11) is 0. The SMILES string of the molecule is OC[C@@H](O)[C@H](c1ccccc1)n1ccc2c(F)cccc21. The second-order valence-corrected chi connectivity index (χ2v) is 5.00. The Morgan fingerprint density at radius 1 is 1.00 bits per heavy atom. The monoisotopic (exact) mass is 285 g/mol. The number of aliphatic hydroxyl groups is 2. The molecular weight excluding hydrogens is 269 g/mol. The highest BCUT2D eigenvalue weighted by Gasteiger charge is 2.23. The van der Waals surface area contributed by atoms with Crippen LogP contribution in [0.4, 0.5) is 4.39 Å². The molecule has 0 radical (unpaired) electrons. The number of hydrogen-bond acceptors (Lipinski definition) is 2. The molecule has 3 rings (SSSR count). The predicted octanol–water partition coefficient (Wildman–Crippen LogP) is 2.72. The molecule has 0 saturated carbocycles. The summed E-state index contributed by atoms with van der Waals surface area (Å²) in [5.41, 5.74) is 1.55. The second-order valence-electron chi connectivity index (χ2n) is 5.00. The zero-order valence-electron chi connectivity index (χ0n) is 11.4. The van der Waals surface area contributed by atoms with E-state index in [4.69, 9.17) is 0 Å². The van der Waals surface area contributed by atoms with E-state index >= 15 is 0 Å². The lowest BCUT2D eigenvalue weighted by molar-refractivity contribution is 0.0654. The molecule has 0 aliphatic carbocycles. The maximum Gasteiger partial charge on any atom is 0.132 e. The number of rotatable bonds is 4. The zero-order valence-corrected chi connectivity index (χ0v) is 11.4. The van der Waals surface area contributed by atoms with Crippen LogP contribution in [0, 0.1) is 5.82 Å². The molecular formula is C17H16FNO2. The first kappa shape index (κ1) is 13.8. The van der Waals surface area contributed by atoms with Gasteiger partial charge in [-0.15, -0.1) is 0 Å². The zero-order chi connectivity index (χ0) is 14.8. The number of aromatic nitrogens is 1. The van der Waals surface area contributed by atoms with Crippen molar-refractivity contribution in [2.45, 2.75) is 12.1 Å². The quantitative estimate of drug-likeness (QED) is 0.774. The summed E-state index contributed by atoms with van der Waals surface area (Å²) >= 11 is 0. The Morgan fingerprint density at radius 3 is 2.48 bits per heavy atom. The van der Waals surface area contributed by atoms with Gasteiger partial charge in [-0.2, -0.15) is 0 Å². The van der Waals surface area contributed by atoms with Crippen LogP contribution < -0.4 is 0 Å². The van der Waals surface area contributed by atoms with Crippen LogP contribution in [0.1, 0.15) is 11.6 Å². The van der Waals surface area contributed by atoms with Crippen molar-refractivity contribution in [2.24, 2.45) is 0 Å². The Labute approximate surface area is 121 Å². The molecule has 2 N–H and O–H groups in total. The fourth-order valence-corrected chi connectivity index (χ4v) is 2.71. The Balaban J connectivity index is 2.18. The van der Waals surface area contributed by atoms with E-state index in [1.54, 1.807) is 29.0 Å². The van der Waals surface area contributed by atoms with E-state index < -0.39 is 12.1 Å². The minimum absolute atomic E-state index is 0.295. The minimum Gasteiger partial charge on any atom is -0.394 e. The van der Waals surface area contributed by atoms with Gasteiger partial charge in [0.2, 0.25) is 0 Å². The van der Waals surface area contributed by atoms with Gasteiger partial charge >= 0.3 is 0 Å². The molecule has 0 spiro atoms. The van der Waals surface area contributed by atoms with E-state index in [9.17, 15) is 14.6 Å². The van der Waals surface area contributed by atoms with Crippen LogP contribution in [-0.2, 0) is 0 Å². The summed E-state index contributed by atoms with van der Waals surface area (Å²) in [6.07, 6.45) is 0.774. The van der Waals surface area contributed by atoms with Gasteiger partial charge in [0, 0.05) is 11.6 Å². The van der Waals surface area contributed by atoms with Gasteiger partial charge in [0.15, 0.2) is 0 Å². The van der Waals surface area contributed by atoms with Crippen molar-refractivity contribution in [1.29, 1.82) is 0 Å². The van der Waals surface area contributed by atoms with Gasteiger partial charge in [-0.25, -0.2) is 4.39 Å². The van der Waals surface area contributed by atoms with Crippen LogP contribution in [0.3, 0.4) is 0 Å². The molecule has 1 aromatic heterocycles. The average Bonchev–Trinajstić information content (AvgIpc) is 2.94. The summed E-state index contributed by atoms with van der Waals surface area (Å²) in [5.74, 6) is -0.295. The van der Waals surface area contributed by atoms with E-state index in [0.717, 1.165) is 5.56 Å². The van der Waals surface area contributed by atoms with E-state index in [-0.39, 0.29) is 12.4 Å². The number of halogens is 1. The maximum atomic E-state index is 13.8. The molecule has 0 bridgehead atoms. The minimum atomic E-state index is -0.966. The highest BCUT2D eigenvalue weighted by molar-refractivity contribution is 5.81. The average molecular weight is 285 g/mol. The molecule has 1 heterocycles. The number of benzene rings is 2. The molecule has 0 aliphatic heterocycles. The lowest BCUT2D eigenvalue weighted by atomic mass is 10.0. The van der Waals surface area contributed by atoms with Crippen LogP contribution in [0.5, 0.6) is 0 Å². The molecule has 0 fully saturated rings. The van der Waals surface area contributed by atoms with Gasteiger partial charge in [-0.1, -0.05) is 36.4 Å². The van der Waals surface area contributed by atoms with E-state index in [0.29, 0.717) is 10.9 Å². The lowest BCUT2D eigenvalue weighted by Crippen LogP contribution is -2.27. The molecule has 2 aromatic carbocycles. The van der Waals surface area contributed by atoms with Crippen LogP contribution >= 0.6 is 0 Å². The van der Waals surface area contributed by atoms with Crippen molar-refractivity contribution >= 4 is 10.9 Å². The topological polar surface area (TPSA) is 45.4 Å². The van der Waals surface area contributed by atoms with Crippen molar-refractivity contribution in [3.05, 3.63) is 72.2 Å². The van der Waals surface area contributed by atoms with Crippen molar-refractivity contribution in [1.82, 2.24) is 4.57 Å². The molecule has 3 aromatic rings.